The summed E-state index contributed by atoms with van der Waals surface area (Å²) in [6.07, 6.45) is 8.19. The van der Waals surface area contributed by atoms with E-state index in [-0.39, 0.29) is 5.91 Å². The van der Waals surface area contributed by atoms with Crippen LogP contribution in [0.1, 0.15) is 42.2 Å². The normalized spacial score (nSPS) is 12.2. The number of nitrogens with one attached hydrogen (secondary N) is 1. The van der Waals surface area contributed by atoms with Gasteiger partial charge in [-0.1, -0.05) is 48.5 Å². The number of amides is 1. The minimum Gasteiger partial charge on any atom is -0.339 e. The molecule has 3 aromatic rings. The topological polar surface area (TPSA) is 80.9 Å². The number of carbonyl (C=O) groups is 1. The fourth-order valence-electron chi connectivity index (χ4n) is 2.48. The predicted molar refractivity (Wildman–Crippen MR) is 98.0 cm³/mol. The maximum absolute atomic E-state index is 12.4. The third kappa shape index (κ3) is 4.63. The standard InChI is InChI=1S/C20H20N4O2/c1-2-7-18-23-20(24-26-18)19(16-9-4-3-5-10-16)22-17(25)12-11-15-8-6-13-21-14-15/h3-6,8-14,19H,2,7H2,1H3,(H,22,25)/b12-11+. The van der Waals surface area contributed by atoms with Crippen molar-refractivity contribution in [2.24, 2.45) is 0 Å². The Morgan fingerprint density at radius 3 is 2.81 bits per heavy atom. The largest absolute Gasteiger partial charge is 0.339 e. The third-order valence-corrected chi connectivity index (χ3v) is 3.74. The Kier molecular flexibility index (Phi) is 5.88. The molecule has 1 amide bonds. The van der Waals surface area contributed by atoms with Gasteiger partial charge in [-0.25, -0.2) is 0 Å². The quantitative estimate of drug-likeness (QED) is 0.662. The lowest BCUT2D eigenvalue weighted by Crippen LogP contribution is -2.28. The van der Waals surface area contributed by atoms with Crippen molar-refractivity contribution < 1.29 is 9.32 Å². The van der Waals surface area contributed by atoms with Crippen LogP contribution in [0.4, 0.5) is 0 Å². The van der Waals surface area contributed by atoms with E-state index in [1.807, 2.05) is 49.4 Å². The fraction of sp³-hybridized carbons (Fsp3) is 0.200. The summed E-state index contributed by atoms with van der Waals surface area (Å²) in [5, 5.41) is 6.99. The van der Waals surface area contributed by atoms with E-state index in [2.05, 4.69) is 20.4 Å². The number of carbonyl (C=O) groups excluding carboxylic acids is 1. The molecular formula is C20H20N4O2. The number of pyridine rings is 1. The van der Waals surface area contributed by atoms with Crippen LogP contribution >= 0.6 is 0 Å². The molecule has 2 heterocycles. The van der Waals surface area contributed by atoms with E-state index in [0.29, 0.717) is 18.1 Å². The summed E-state index contributed by atoms with van der Waals surface area (Å²) in [4.78, 5) is 20.8. The van der Waals surface area contributed by atoms with E-state index in [1.165, 1.54) is 6.08 Å². The Hall–Kier alpha value is -3.28. The molecule has 6 nitrogen and oxygen atoms in total. The van der Waals surface area contributed by atoms with E-state index in [1.54, 1.807) is 18.5 Å². The van der Waals surface area contributed by atoms with E-state index < -0.39 is 6.04 Å². The number of hydrogen-bond donors (Lipinski definition) is 1. The predicted octanol–water partition coefficient (Wildman–Crippen LogP) is 3.34. The molecule has 0 bridgehead atoms. The van der Waals surface area contributed by atoms with Gasteiger partial charge in [0.1, 0.15) is 6.04 Å². The molecule has 1 unspecified atom stereocenters. The van der Waals surface area contributed by atoms with E-state index >= 15 is 0 Å². The highest BCUT2D eigenvalue weighted by atomic mass is 16.5. The zero-order valence-electron chi connectivity index (χ0n) is 14.5. The van der Waals surface area contributed by atoms with Gasteiger partial charge < -0.3 is 9.84 Å². The van der Waals surface area contributed by atoms with Gasteiger partial charge in [-0.15, -0.1) is 0 Å². The molecule has 0 aliphatic rings. The van der Waals surface area contributed by atoms with Crippen molar-refractivity contribution in [1.29, 1.82) is 0 Å². The smallest absolute Gasteiger partial charge is 0.244 e. The van der Waals surface area contributed by atoms with Crippen molar-refractivity contribution in [3.05, 3.63) is 83.8 Å². The Balaban J connectivity index is 1.79. The average Bonchev–Trinajstić information content (AvgIpc) is 3.14. The fourth-order valence-corrected chi connectivity index (χ4v) is 2.48. The number of benzene rings is 1. The summed E-state index contributed by atoms with van der Waals surface area (Å²) >= 11 is 0. The van der Waals surface area contributed by atoms with Gasteiger partial charge in [0.2, 0.25) is 11.8 Å². The molecule has 0 radical (unpaired) electrons. The van der Waals surface area contributed by atoms with Crippen molar-refractivity contribution in [3.8, 4) is 0 Å². The molecular weight excluding hydrogens is 328 g/mol. The van der Waals surface area contributed by atoms with Gasteiger partial charge in [-0.3, -0.25) is 9.78 Å². The lowest BCUT2D eigenvalue weighted by atomic mass is 10.1. The van der Waals surface area contributed by atoms with Gasteiger partial charge in [0.05, 0.1) is 0 Å². The molecule has 6 heteroatoms. The van der Waals surface area contributed by atoms with Gasteiger partial charge in [0.15, 0.2) is 5.82 Å². The van der Waals surface area contributed by atoms with Crippen molar-refractivity contribution >= 4 is 12.0 Å². The summed E-state index contributed by atoms with van der Waals surface area (Å²) in [7, 11) is 0. The number of aromatic nitrogens is 3. The maximum atomic E-state index is 12.4. The molecule has 0 saturated heterocycles. The van der Waals surface area contributed by atoms with Crippen LogP contribution < -0.4 is 5.32 Å². The molecule has 2 aromatic heterocycles. The minimum absolute atomic E-state index is 0.246. The van der Waals surface area contributed by atoms with Crippen LogP contribution in [0.5, 0.6) is 0 Å². The van der Waals surface area contributed by atoms with Crippen LogP contribution in [-0.2, 0) is 11.2 Å². The number of rotatable bonds is 7. The van der Waals surface area contributed by atoms with Crippen LogP contribution in [0, 0.1) is 0 Å². The lowest BCUT2D eigenvalue weighted by molar-refractivity contribution is -0.117. The van der Waals surface area contributed by atoms with Gasteiger partial charge in [0.25, 0.3) is 0 Å². The number of aryl methyl sites for hydroxylation is 1. The Bertz CT molecular complexity index is 860. The second-order valence-electron chi connectivity index (χ2n) is 5.77. The summed E-state index contributed by atoms with van der Waals surface area (Å²) in [5.41, 5.74) is 1.74. The highest BCUT2D eigenvalue weighted by Gasteiger charge is 2.21. The van der Waals surface area contributed by atoms with Crippen molar-refractivity contribution in [3.63, 3.8) is 0 Å². The summed E-state index contributed by atoms with van der Waals surface area (Å²) in [6.45, 7) is 2.05. The van der Waals surface area contributed by atoms with Crippen molar-refractivity contribution in [1.82, 2.24) is 20.4 Å². The maximum Gasteiger partial charge on any atom is 0.244 e. The molecule has 1 N–H and O–H groups in total. The molecule has 26 heavy (non-hydrogen) atoms. The Morgan fingerprint density at radius 2 is 2.08 bits per heavy atom. The molecule has 132 valence electrons. The first-order valence-corrected chi connectivity index (χ1v) is 8.52. The van der Waals surface area contributed by atoms with Crippen LogP contribution in [-0.4, -0.2) is 21.0 Å². The number of hydrogen-bond acceptors (Lipinski definition) is 5. The monoisotopic (exact) mass is 348 g/mol. The van der Waals surface area contributed by atoms with Gasteiger partial charge in [0, 0.05) is 24.9 Å². The van der Waals surface area contributed by atoms with Gasteiger partial charge in [-0.05, 0) is 29.7 Å². The van der Waals surface area contributed by atoms with E-state index in [9.17, 15) is 4.79 Å². The highest BCUT2D eigenvalue weighted by Crippen LogP contribution is 2.20. The second kappa shape index (κ2) is 8.71. The Morgan fingerprint density at radius 1 is 1.23 bits per heavy atom. The Labute approximate surface area is 152 Å². The highest BCUT2D eigenvalue weighted by molar-refractivity contribution is 5.92. The minimum atomic E-state index is -0.475. The molecule has 1 aromatic carbocycles. The molecule has 0 spiro atoms. The van der Waals surface area contributed by atoms with Crippen LogP contribution in [0.15, 0.2) is 65.5 Å². The van der Waals surface area contributed by atoms with E-state index in [4.69, 9.17) is 4.52 Å². The summed E-state index contributed by atoms with van der Waals surface area (Å²) in [5.74, 6) is 0.774. The second-order valence-corrected chi connectivity index (χ2v) is 5.77. The molecule has 1 atom stereocenters. The van der Waals surface area contributed by atoms with Crippen LogP contribution in [0.25, 0.3) is 6.08 Å². The molecule has 3 rings (SSSR count). The first kappa shape index (κ1) is 17.5. The van der Waals surface area contributed by atoms with Crippen molar-refractivity contribution in [2.75, 3.05) is 0 Å². The van der Waals surface area contributed by atoms with Gasteiger partial charge in [-0.2, -0.15) is 4.98 Å². The average molecular weight is 348 g/mol. The molecule has 0 aliphatic heterocycles. The van der Waals surface area contributed by atoms with Crippen LogP contribution in [0.3, 0.4) is 0 Å². The third-order valence-electron chi connectivity index (χ3n) is 3.74. The van der Waals surface area contributed by atoms with Gasteiger partial charge >= 0.3 is 0 Å². The molecule has 0 fully saturated rings. The number of nitrogens with zero attached hydrogens (tertiary/aromatic N) is 3. The SMILES string of the molecule is CCCc1nc(C(NC(=O)/C=C/c2cccnc2)c2ccccc2)no1. The first-order chi connectivity index (χ1) is 12.8. The zero-order valence-corrected chi connectivity index (χ0v) is 14.5. The first-order valence-electron chi connectivity index (χ1n) is 8.52. The van der Waals surface area contributed by atoms with E-state index in [0.717, 1.165) is 17.5 Å². The molecule has 0 aliphatic carbocycles. The summed E-state index contributed by atoms with van der Waals surface area (Å²) < 4.78 is 5.28. The van der Waals surface area contributed by atoms with Crippen molar-refractivity contribution in [2.45, 2.75) is 25.8 Å². The zero-order chi connectivity index (χ0) is 18.2. The lowest BCUT2D eigenvalue weighted by Gasteiger charge is -2.14. The summed E-state index contributed by atoms with van der Waals surface area (Å²) in [6, 6.07) is 12.8. The molecule has 0 saturated carbocycles. The van der Waals surface area contributed by atoms with Crippen LogP contribution in [0.2, 0.25) is 0 Å².